The first kappa shape index (κ1) is 15.9. The Morgan fingerprint density at radius 2 is 2.16 bits per heavy atom. The largest absolute Gasteiger partial charge is 0.408 e. The van der Waals surface area contributed by atoms with E-state index in [-0.39, 0.29) is 5.56 Å². The number of hydrogen-bond donors (Lipinski definition) is 1. The van der Waals surface area contributed by atoms with Crippen LogP contribution in [0.1, 0.15) is 30.6 Å². The summed E-state index contributed by atoms with van der Waals surface area (Å²) in [5, 5.41) is 2.04. The molecule has 0 aliphatic carbocycles. The Kier molecular flexibility index (Phi) is 5.34. The van der Waals surface area contributed by atoms with Crippen LogP contribution in [0.3, 0.4) is 0 Å². The number of carbonyl (C=O) groups excluding carboxylic acids is 1. The molecule has 3 nitrogen and oxygen atoms in total. The number of rotatable bonds is 4. The summed E-state index contributed by atoms with van der Waals surface area (Å²) in [6.45, 7) is 3.11. The van der Waals surface area contributed by atoms with E-state index in [1.807, 2.05) is 5.32 Å². The number of pyridine rings is 1. The normalized spacial score (nSPS) is 14.8. The monoisotopic (exact) mass is 338 g/mol. The molecule has 0 aromatic carbocycles. The van der Waals surface area contributed by atoms with Gasteiger partial charge in [0, 0.05) is 16.9 Å². The lowest BCUT2D eigenvalue weighted by Crippen LogP contribution is -2.49. The molecule has 0 saturated heterocycles. The van der Waals surface area contributed by atoms with Crippen molar-refractivity contribution in [1.29, 1.82) is 0 Å². The molecule has 19 heavy (non-hydrogen) atoms. The van der Waals surface area contributed by atoms with Crippen LogP contribution in [-0.4, -0.2) is 23.1 Å². The number of hydrogen-bond acceptors (Lipinski definition) is 2. The third-order valence-electron chi connectivity index (χ3n) is 2.87. The lowest BCUT2D eigenvalue weighted by atomic mass is 9.98. The highest BCUT2D eigenvalue weighted by Crippen LogP contribution is 2.28. The van der Waals surface area contributed by atoms with Gasteiger partial charge >= 0.3 is 6.18 Å². The van der Waals surface area contributed by atoms with Crippen LogP contribution >= 0.6 is 15.9 Å². The molecule has 0 aliphatic rings. The van der Waals surface area contributed by atoms with E-state index in [1.165, 1.54) is 25.4 Å². The number of nitrogens with one attached hydrogen (secondary N) is 1. The molecule has 7 heteroatoms. The lowest BCUT2D eigenvalue weighted by Gasteiger charge is -2.26. The first-order valence-electron chi connectivity index (χ1n) is 5.74. The molecular formula is C12H14BrF3N2O. The van der Waals surface area contributed by atoms with Crippen LogP contribution in [0.5, 0.6) is 0 Å². The van der Waals surface area contributed by atoms with Crippen molar-refractivity contribution in [3.63, 3.8) is 0 Å². The zero-order valence-electron chi connectivity index (χ0n) is 10.5. The highest BCUT2D eigenvalue weighted by atomic mass is 79.9. The van der Waals surface area contributed by atoms with Crippen molar-refractivity contribution in [2.45, 2.75) is 32.5 Å². The fourth-order valence-electron chi connectivity index (χ4n) is 1.56. The fraction of sp³-hybridized carbons (Fsp3) is 0.500. The summed E-state index contributed by atoms with van der Waals surface area (Å²) < 4.78 is 39.0. The molecule has 1 aromatic rings. The second-order valence-electron chi connectivity index (χ2n) is 4.23. The van der Waals surface area contributed by atoms with E-state index in [4.69, 9.17) is 0 Å². The molecule has 0 aliphatic heterocycles. The van der Waals surface area contributed by atoms with Crippen molar-refractivity contribution in [3.8, 4) is 0 Å². The van der Waals surface area contributed by atoms with Crippen LogP contribution in [-0.2, 0) is 0 Å². The Morgan fingerprint density at radius 3 is 2.63 bits per heavy atom. The van der Waals surface area contributed by atoms with Crippen molar-refractivity contribution < 1.29 is 18.0 Å². The molecule has 1 rings (SSSR count). The molecule has 2 atom stereocenters. The Bertz CT molecular complexity index is 451. The quantitative estimate of drug-likeness (QED) is 0.912. The van der Waals surface area contributed by atoms with E-state index >= 15 is 0 Å². The summed E-state index contributed by atoms with van der Waals surface area (Å²) in [6.07, 6.45) is -1.43. The standard InChI is InChI=1S/C12H14BrF3N2O/c1-3-7(2)10(12(14,15)16)18-11(19)8-4-5-17-6-9(8)13/h4-7,10H,3H2,1-2H3,(H,18,19)/t7-,10-/m1/s1. The maximum absolute atomic E-state index is 12.9. The third-order valence-corrected chi connectivity index (χ3v) is 3.50. The van der Waals surface area contributed by atoms with Crippen molar-refractivity contribution in [3.05, 3.63) is 28.5 Å². The Labute approximate surface area is 117 Å². The zero-order chi connectivity index (χ0) is 14.6. The van der Waals surface area contributed by atoms with E-state index in [0.29, 0.717) is 10.9 Å². The molecule has 1 heterocycles. The van der Waals surface area contributed by atoms with Crippen LogP contribution in [0.25, 0.3) is 0 Å². The molecule has 1 aromatic heterocycles. The molecule has 106 valence electrons. The Balaban J connectivity index is 2.92. The number of carbonyl (C=O) groups is 1. The van der Waals surface area contributed by atoms with Crippen molar-refractivity contribution >= 4 is 21.8 Å². The van der Waals surface area contributed by atoms with Gasteiger partial charge < -0.3 is 5.32 Å². The summed E-state index contributed by atoms with van der Waals surface area (Å²) in [5.41, 5.74) is 0.132. The topological polar surface area (TPSA) is 42.0 Å². The van der Waals surface area contributed by atoms with E-state index in [1.54, 1.807) is 6.92 Å². The van der Waals surface area contributed by atoms with Crippen LogP contribution in [0.2, 0.25) is 0 Å². The Morgan fingerprint density at radius 1 is 1.53 bits per heavy atom. The summed E-state index contributed by atoms with van der Waals surface area (Å²) in [5.74, 6) is -1.46. The van der Waals surface area contributed by atoms with Gasteiger partial charge in [0.05, 0.1) is 5.56 Å². The van der Waals surface area contributed by atoms with Crippen molar-refractivity contribution in [2.75, 3.05) is 0 Å². The van der Waals surface area contributed by atoms with Gasteiger partial charge in [0.25, 0.3) is 5.91 Å². The maximum atomic E-state index is 12.9. The van der Waals surface area contributed by atoms with Gasteiger partial charge in [-0.15, -0.1) is 0 Å². The van der Waals surface area contributed by atoms with E-state index in [2.05, 4.69) is 20.9 Å². The van der Waals surface area contributed by atoms with Gasteiger partial charge in [-0.2, -0.15) is 13.2 Å². The van der Waals surface area contributed by atoms with Crippen LogP contribution in [0, 0.1) is 5.92 Å². The molecule has 0 spiro atoms. The smallest absolute Gasteiger partial charge is 0.340 e. The summed E-state index contributed by atoms with van der Waals surface area (Å²) in [4.78, 5) is 15.6. The van der Waals surface area contributed by atoms with E-state index in [0.717, 1.165) is 0 Å². The van der Waals surface area contributed by atoms with E-state index < -0.39 is 24.0 Å². The Hall–Kier alpha value is -1.11. The average Bonchev–Trinajstić information content (AvgIpc) is 2.34. The summed E-state index contributed by atoms with van der Waals surface area (Å²) in [6, 6.07) is -0.492. The van der Waals surface area contributed by atoms with Gasteiger partial charge in [-0.05, 0) is 27.9 Å². The van der Waals surface area contributed by atoms with Gasteiger partial charge in [0.15, 0.2) is 0 Å². The second-order valence-corrected chi connectivity index (χ2v) is 5.09. The van der Waals surface area contributed by atoms with Gasteiger partial charge in [-0.25, -0.2) is 0 Å². The SMILES string of the molecule is CC[C@@H](C)[C@@H](NC(=O)c1ccncc1Br)C(F)(F)F. The number of alkyl halides is 3. The van der Waals surface area contributed by atoms with Crippen molar-refractivity contribution in [1.82, 2.24) is 10.3 Å². The summed E-state index contributed by atoms with van der Waals surface area (Å²) in [7, 11) is 0. The molecular weight excluding hydrogens is 325 g/mol. The number of nitrogens with zero attached hydrogens (tertiary/aromatic N) is 1. The minimum atomic E-state index is -4.47. The molecule has 0 saturated carbocycles. The molecule has 0 unspecified atom stereocenters. The predicted octanol–water partition coefficient (Wildman–Crippen LogP) is 3.55. The highest BCUT2D eigenvalue weighted by Gasteiger charge is 2.43. The summed E-state index contributed by atoms with van der Waals surface area (Å²) >= 11 is 3.09. The van der Waals surface area contributed by atoms with Gasteiger partial charge in [-0.3, -0.25) is 9.78 Å². The third kappa shape index (κ3) is 4.19. The van der Waals surface area contributed by atoms with Gasteiger partial charge in [0.2, 0.25) is 0 Å². The van der Waals surface area contributed by atoms with Crippen LogP contribution in [0.15, 0.2) is 22.9 Å². The molecule has 1 amide bonds. The fourth-order valence-corrected chi connectivity index (χ4v) is 1.99. The minimum absolute atomic E-state index is 0.132. The number of halogens is 4. The number of aromatic nitrogens is 1. The van der Waals surface area contributed by atoms with Crippen LogP contribution in [0.4, 0.5) is 13.2 Å². The first-order chi connectivity index (χ1) is 8.77. The predicted molar refractivity (Wildman–Crippen MR) is 68.7 cm³/mol. The van der Waals surface area contributed by atoms with Gasteiger partial charge in [0.1, 0.15) is 6.04 Å². The zero-order valence-corrected chi connectivity index (χ0v) is 12.0. The maximum Gasteiger partial charge on any atom is 0.408 e. The minimum Gasteiger partial charge on any atom is -0.340 e. The highest BCUT2D eigenvalue weighted by molar-refractivity contribution is 9.10. The molecule has 1 N–H and O–H groups in total. The molecule has 0 fully saturated rings. The first-order valence-corrected chi connectivity index (χ1v) is 6.53. The van der Waals surface area contributed by atoms with Crippen LogP contribution < -0.4 is 5.32 Å². The number of amides is 1. The van der Waals surface area contributed by atoms with Gasteiger partial charge in [-0.1, -0.05) is 20.3 Å². The van der Waals surface area contributed by atoms with Crippen molar-refractivity contribution in [2.24, 2.45) is 5.92 Å². The molecule has 0 radical (unpaired) electrons. The molecule has 0 bridgehead atoms. The second kappa shape index (κ2) is 6.36. The van der Waals surface area contributed by atoms with E-state index in [9.17, 15) is 18.0 Å². The average molecular weight is 339 g/mol. The lowest BCUT2D eigenvalue weighted by molar-refractivity contribution is -0.164.